The maximum absolute atomic E-state index is 12.6. The highest BCUT2D eigenvalue weighted by atomic mass is 32.2. The molecule has 1 atom stereocenters. The van der Waals surface area contributed by atoms with Gasteiger partial charge in [-0.25, -0.2) is 18.1 Å². The Hall–Kier alpha value is -2.03. The topological polar surface area (TPSA) is 76.9 Å². The Labute approximate surface area is 151 Å². The summed E-state index contributed by atoms with van der Waals surface area (Å²) in [4.78, 5) is 5.44. The highest BCUT2D eigenvalue weighted by Gasteiger charge is 2.22. The highest BCUT2D eigenvalue weighted by Crippen LogP contribution is 2.25. The Morgan fingerprint density at radius 1 is 1.24 bits per heavy atom. The van der Waals surface area contributed by atoms with Crippen LogP contribution >= 0.6 is 11.3 Å². The zero-order valence-corrected chi connectivity index (χ0v) is 15.9. The van der Waals surface area contributed by atoms with Gasteiger partial charge in [-0.1, -0.05) is 30.3 Å². The number of aromatic nitrogens is 3. The minimum atomic E-state index is -3.64. The van der Waals surface area contributed by atoms with Gasteiger partial charge < -0.3 is 0 Å². The van der Waals surface area contributed by atoms with E-state index in [-0.39, 0.29) is 10.9 Å². The number of sulfonamides is 1. The molecule has 0 aliphatic rings. The van der Waals surface area contributed by atoms with Gasteiger partial charge in [-0.05, 0) is 26.3 Å². The molecular formula is C17H20N4O2S2. The number of nitrogens with zero attached hydrogens (tertiary/aromatic N) is 3. The number of hydrogen-bond donors (Lipinski definition) is 1. The van der Waals surface area contributed by atoms with E-state index in [9.17, 15) is 8.42 Å². The summed E-state index contributed by atoms with van der Waals surface area (Å²) in [7, 11) is -3.64. The number of hydrogen-bond acceptors (Lipinski definition) is 5. The fraction of sp³-hybridized carbons (Fsp3) is 0.294. The van der Waals surface area contributed by atoms with Crippen molar-refractivity contribution in [2.75, 3.05) is 0 Å². The molecule has 2 aromatic heterocycles. The second-order valence-electron chi connectivity index (χ2n) is 5.88. The normalized spacial score (nSPS) is 13.1. The number of benzene rings is 1. The molecule has 1 N–H and O–H groups in total. The molecule has 3 rings (SSSR count). The summed E-state index contributed by atoms with van der Waals surface area (Å²) < 4.78 is 29.6. The molecule has 0 bridgehead atoms. The van der Waals surface area contributed by atoms with E-state index < -0.39 is 10.0 Å². The molecule has 132 valence electrons. The molecule has 2 heterocycles. The zero-order valence-electron chi connectivity index (χ0n) is 14.3. The van der Waals surface area contributed by atoms with Gasteiger partial charge >= 0.3 is 0 Å². The van der Waals surface area contributed by atoms with E-state index in [1.807, 2.05) is 51.1 Å². The molecule has 0 unspecified atom stereocenters. The molecule has 0 radical (unpaired) electrons. The van der Waals surface area contributed by atoms with Gasteiger partial charge in [0.25, 0.3) is 0 Å². The third-order valence-electron chi connectivity index (χ3n) is 3.77. The predicted octanol–water partition coefficient (Wildman–Crippen LogP) is 3.04. The third-order valence-corrected chi connectivity index (χ3v) is 6.52. The van der Waals surface area contributed by atoms with Crippen molar-refractivity contribution in [2.45, 2.75) is 38.3 Å². The number of thiazole rings is 1. The molecule has 0 saturated carbocycles. The molecule has 25 heavy (non-hydrogen) atoms. The largest absolute Gasteiger partial charge is 0.267 e. The summed E-state index contributed by atoms with van der Waals surface area (Å²) in [6, 6.07) is 9.44. The van der Waals surface area contributed by atoms with Crippen molar-refractivity contribution < 1.29 is 8.42 Å². The van der Waals surface area contributed by atoms with Gasteiger partial charge in [0.1, 0.15) is 4.90 Å². The maximum atomic E-state index is 12.6. The van der Waals surface area contributed by atoms with E-state index >= 15 is 0 Å². The summed E-state index contributed by atoms with van der Waals surface area (Å²) in [5, 5.41) is 5.09. The van der Waals surface area contributed by atoms with Crippen LogP contribution in [0.25, 0.3) is 0 Å². The van der Waals surface area contributed by atoms with Crippen LogP contribution in [0.15, 0.2) is 47.6 Å². The minimum Gasteiger partial charge on any atom is -0.267 e. The molecule has 3 aromatic rings. The van der Waals surface area contributed by atoms with Gasteiger partial charge in [-0.15, -0.1) is 11.3 Å². The summed E-state index contributed by atoms with van der Waals surface area (Å²) in [6.45, 7) is 6.16. The Bertz CT molecular complexity index is 962. The molecule has 0 amide bonds. The monoisotopic (exact) mass is 376 g/mol. The van der Waals surface area contributed by atoms with Gasteiger partial charge in [0.15, 0.2) is 0 Å². The smallest absolute Gasteiger partial charge is 0.244 e. The van der Waals surface area contributed by atoms with Crippen LogP contribution in [0.5, 0.6) is 0 Å². The van der Waals surface area contributed by atoms with Gasteiger partial charge in [-0.2, -0.15) is 5.10 Å². The van der Waals surface area contributed by atoms with E-state index in [0.717, 1.165) is 21.1 Å². The zero-order chi connectivity index (χ0) is 18.0. The van der Waals surface area contributed by atoms with Crippen LogP contribution in [0.3, 0.4) is 0 Å². The Morgan fingerprint density at radius 2 is 1.96 bits per heavy atom. The fourth-order valence-electron chi connectivity index (χ4n) is 2.64. The average molecular weight is 377 g/mol. The van der Waals surface area contributed by atoms with Crippen LogP contribution in [0.2, 0.25) is 0 Å². The highest BCUT2D eigenvalue weighted by molar-refractivity contribution is 7.89. The van der Waals surface area contributed by atoms with Crippen molar-refractivity contribution >= 4 is 21.4 Å². The fourth-order valence-corrected chi connectivity index (χ4v) is 4.81. The minimum absolute atomic E-state index is 0.161. The molecule has 8 heteroatoms. The Morgan fingerprint density at radius 3 is 2.60 bits per heavy atom. The third kappa shape index (κ3) is 4.15. The SMILES string of the molecule is Cc1nc(C)c([C@@H](C)NS(=O)(=O)c2cnn(Cc3ccccc3)c2)s1. The number of nitrogens with one attached hydrogen (secondary N) is 1. The molecule has 0 fully saturated rings. The first-order valence-electron chi connectivity index (χ1n) is 7.88. The molecule has 0 aliphatic carbocycles. The van der Waals surface area contributed by atoms with E-state index in [4.69, 9.17) is 0 Å². The second kappa shape index (κ2) is 7.07. The summed E-state index contributed by atoms with van der Waals surface area (Å²) in [6.07, 6.45) is 2.93. The van der Waals surface area contributed by atoms with Crippen molar-refractivity contribution in [1.29, 1.82) is 0 Å². The number of aryl methyl sites for hydroxylation is 2. The quantitative estimate of drug-likeness (QED) is 0.717. The lowest BCUT2D eigenvalue weighted by molar-refractivity contribution is 0.567. The van der Waals surface area contributed by atoms with E-state index in [2.05, 4.69) is 14.8 Å². The summed E-state index contributed by atoms with van der Waals surface area (Å²) >= 11 is 1.51. The van der Waals surface area contributed by atoms with Gasteiger partial charge in [0, 0.05) is 11.1 Å². The van der Waals surface area contributed by atoms with E-state index in [1.54, 1.807) is 10.9 Å². The van der Waals surface area contributed by atoms with Crippen molar-refractivity contribution in [3.63, 3.8) is 0 Å². The molecule has 0 spiro atoms. The Kier molecular flexibility index (Phi) is 5.03. The number of rotatable bonds is 6. The van der Waals surface area contributed by atoms with Crippen LogP contribution < -0.4 is 4.72 Å². The lowest BCUT2D eigenvalue weighted by Gasteiger charge is -2.12. The van der Waals surface area contributed by atoms with Crippen LogP contribution in [0.1, 0.15) is 34.1 Å². The molecule has 0 aliphatic heterocycles. The van der Waals surface area contributed by atoms with Gasteiger partial charge in [-0.3, -0.25) is 4.68 Å². The van der Waals surface area contributed by atoms with Crippen LogP contribution in [-0.2, 0) is 16.6 Å². The Balaban J connectivity index is 1.75. The molecular weight excluding hydrogens is 356 g/mol. The van der Waals surface area contributed by atoms with E-state index in [0.29, 0.717) is 6.54 Å². The second-order valence-corrected chi connectivity index (χ2v) is 8.83. The summed E-state index contributed by atoms with van der Waals surface area (Å²) in [5.74, 6) is 0. The van der Waals surface area contributed by atoms with Crippen molar-refractivity contribution in [3.05, 3.63) is 63.9 Å². The van der Waals surface area contributed by atoms with E-state index in [1.165, 1.54) is 17.5 Å². The molecule has 1 aromatic carbocycles. The van der Waals surface area contributed by atoms with Crippen molar-refractivity contribution in [2.24, 2.45) is 0 Å². The van der Waals surface area contributed by atoms with Crippen LogP contribution in [0, 0.1) is 13.8 Å². The average Bonchev–Trinajstić information content (AvgIpc) is 3.15. The van der Waals surface area contributed by atoms with Crippen LogP contribution in [-0.4, -0.2) is 23.2 Å². The predicted molar refractivity (Wildman–Crippen MR) is 98.1 cm³/mol. The standard InChI is InChI=1S/C17H20N4O2S2/c1-12-17(24-14(3)19-12)13(2)20-25(22,23)16-9-18-21(11-16)10-15-7-5-4-6-8-15/h4-9,11,13,20H,10H2,1-3H3/t13-/m1/s1. The summed E-state index contributed by atoms with van der Waals surface area (Å²) in [5.41, 5.74) is 1.92. The van der Waals surface area contributed by atoms with Gasteiger partial charge in [0.2, 0.25) is 10.0 Å². The molecule has 0 saturated heterocycles. The van der Waals surface area contributed by atoms with Crippen molar-refractivity contribution in [1.82, 2.24) is 19.5 Å². The lowest BCUT2D eigenvalue weighted by atomic mass is 10.2. The van der Waals surface area contributed by atoms with Gasteiger partial charge in [0.05, 0.1) is 29.5 Å². The first-order chi connectivity index (χ1) is 11.8. The maximum Gasteiger partial charge on any atom is 0.244 e. The first-order valence-corrected chi connectivity index (χ1v) is 10.2. The first kappa shape index (κ1) is 17.8. The van der Waals surface area contributed by atoms with Crippen LogP contribution in [0.4, 0.5) is 0 Å². The molecule has 6 nitrogen and oxygen atoms in total. The van der Waals surface area contributed by atoms with Crippen molar-refractivity contribution in [3.8, 4) is 0 Å². The lowest BCUT2D eigenvalue weighted by Crippen LogP contribution is -2.26.